The number of benzene rings is 1. The van der Waals surface area contributed by atoms with E-state index in [1.165, 1.54) is 0 Å². The fraction of sp³-hybridized carbons (Fsp3) is 0.333. The molecular formula is C18H18N6O. The van der Waals surface area contributed by atoms with Gasteiger partial charge < -0.3 is 9.64 Å². The number of rotatable bonds is 3. The van der Waals surface area contributed by atoms with Gasteiger partial charge in [-0.1, -0.05) is 6.07 Å². The molecule has 1 saturated heterocycles. The predicted molar refractivity (Wildman–Crippen MR) is 92.5 cm³/mol. The van der Waals surface area contributed by atoms with Crippen LogP contribution in [-0.2, 0) is 0 Å². The van der Waals surface area contributed by atoms with E-state index >= 15 is 0 Å². The number of hydrogen-bond donors (Lipinski definition) is 0. The van der Waals surface area contributed by atoms with E-state index in [4.69, 9.17) is 10.00 Å². The summed E-state index contributed by atoms with van der Waals surface area (Å²) in [6, 6.07) is 11.5. The van der Waals surface area contributed by atoms with Crippen molar-refractivity contribution in [1.29, 1.82) is 5.26 Å². The first-order valence-electron chi connectivity index (χ1n) is 8.32. The molecule has 0 unspecified atom stereocenters. The van der Waals surface area contributed by atoms with Crippen LogP contribution in [0.3, 0.4) is 0 Å². The molecule has 1 aliphatic heterocycles. The number of hydrogen-bond acceptors (Lipinski definition) is 6. The summed E-state index contributed by atoms with van der Waals surface area (Å²) in [7, 11) is 0. The Hall–Kier alpha value is -3.14. The molecule has 0 atom stereocenters. The van der Waals surface area contributed by atoms with Gasteiger partial charge in [-0.2, -0.15) is 9.78 Å². The highest BCUT2D eigenvalue weighted by Gasteiger charge is 2.23. The molecule has 1 aliphatic rings. The van der Waals surface area contributed by atoms with Crippen molar-refractivity contribution in [3.8, 4) is 11.8 Å². The number of aromatic nitrogens is 4. The summed E-state index contributed by atoms with van der Waals surface area (Å²) < 4.78 is 7.75. The van der Waals surface area contributed by atoms with Crippen molar-refractivity contribution < 1.29 is 4.74 Å². The Labute approximate surface area is 145 Å². The second-order valence-electron chi connectivity index (χ2n) is 6.23. The van der Waals surface area contributed by atoms with Crippen LogP contribution in [-0.4, -0.2) is 39.0 Å². The standard InChI is InChI=1S/C18H18N6O/c1-13-9-17-21-20-12-24(17)22-18(13)23-7-5-15(6-8-23)25-16-4-2-3-14(10-16)11-19/h2-4,9-10,12,15H,5-8H2,1H3. The van der Waals surface area contributed by atoms with Crippen molar-refractivity contribution >= 4 is 11.5 Å². The van der Waals surface area contributed by atoms with Gasteiger partial charge in [0.05, 0.1) is 11.6 Å². The number of fused-ring (bicyclic) bond motifs is 1. The van der Waals surface area contributed by atoms with Crippen molar-refractivity contribution in [2.45, 2.75) is 25.9 Å². The quantitative estimate of drug-likeness (QED) is 0.731. The predicted octanol–water partition coefficient (Wildman–Crippen LogP) is 2.35. The number of piperidine rings is 1. The SMILES string of the molecule is Cc1cc2nncn2nc1N1CCC(Oc2cccc(C#N)c2)CC1. The third kappa shape index (κ3) is 3.11. The minimum Gasteiger partial charge on any atom is -0.490 e. The van der Waals surface area contributed by atoms with Crippen molar-refractivity contribution in [3.05, 3.63) is 47.8 Å². The van der Waals surface area contributed by atoms with Crippen LogP contribution in [0.25, 0.3) is 5.65 Å². The molecule has 0 spiro atoms. The lowest BCUT2D eigenvalue weighted by Gasteiger charge is -2.33. The summed E-state index contributed by atoms with van der Waals surface area (Å²) in [6.07, 6.45) is 3.61. The lowest BCUT2D eigenvalue weighted by Crippen LogP contribution is -2.39. The number of nitriles is 1. The van der Waals surface area contributed by atoms with E-state index in [-0.39, 0.29) is 6.10 Å². The summed E-state index contributed by atoms with van der Waals surface area (Å²) in [4.78, 5) is 2.28. The number of nitrogens with zero attached hydrogens (tertiary/aromatic N) is 6. The first-order valence-corrected chi connectivity index (χ1v) is 8.32. The molecule has 0 radical (unpaired) electrons. The molecule has 0 aliphatic carbocycles. The van der Waals surface area contributed by atoms with Gasteiger partial charge in [-0.25, -0.2) is 0 Å². The molecule has 1 aromatic carbocycles. The maximum absolute atomic E-state index is 8.98. The van der Waals surface area contributed by atoms with Gasteiger partial charge in [0.2, 0.25) is 0 Å². The first kappa shape index (κ1) is 15.4. The topological polar surface area (TPSA) is 79.3 Å². The minimum absolute atomic E-state index is 0.157. The van der Waals surface area contributed by atoms with Crippen LogP contribution < -0.4 is 9.64 Å². The zero-order chi connectivity index (χ0) is 17.2. The summed E-state index contributed by atoms with van der Waals surface area (Å²) in [6.45, 7) is 3.81. The number of anilines is 1. The smallest absolute Gasteiger partial charge is 0.177 e. The van der Waals surface area contributed by atoms with Crippen LogP contribution in [0.4, 0.5) is 5.82 Å². The van der Waals surface area contributed by atoms with Crippen molar-refractivity contribution in [1.82, 2.24) is 19.8 Å². The Balaban J connectivity index is 1.43. The second kappa shape index (κ2) is 6.40. The van der Waals surface area contributed by atoms with E-state index in [0.717, 1.165) is 48.7 Å². The molecule has 0 bridgehead atoms. The van der Waals surface area contributed by atoms with Crippen molar-refractivity contribution in [2.24, 2.45) is 0 Å². The van der Waals surface area contributed by atoms with Crippen LogP contribution in [0.5, 0.6) is 5.75 Å². The van der Waals surface area contributed by atoms with E-state index in [9.17, 15) is 0 Å². The molecule has 3 heterocycles. The lowest BCUT2D eigenvalue weighted by atomic mass is 10.1. The van der Waals surface area contributed by atoms with Crippen molar-refractivity contribution in [3.63, 3.8) is 0 Å². The Morgan fingerprint density at radius 1 is 1.24 bits per heavy atom. The first-order chi connectivity index (χ1) is 12.2. The molecule has 7 heteroatoms. The van der Waals surface area contributed by atoms with Gasteiger partial charge in [-0.15, -0.1) is 15.3 Å². The molecule has 0 N–H and O–H groups in total. The van der Waals surface area contributed by atoms with Gasteiger partial charge in [-0.3, -0.25) is 0 Å². The van der Waals surface area contributed by atoms with Crippen LogP contribution in [0.2, 0.25) is 0 Å². The van der Waals surface area contributed by atoms with E-state index in [1.807, 2.05) is 25.1 Å². The zero-order valence-electron chi connectivity index (χ0n) is 14.0. The Bertz CT molecular complexity index is 936. The normalized spacial score (nSPS) is 15.3. The summed E-state index contributed by atoms with van der Waals surface area (Å²) in [5.74, 6) is 1.73. The van der Waals surface area contributed by atoms with Crippen LogP contribution in [0, 0.1) is 18.3 Å². The van der Waals surface area contributed by atoms with E-state index in [2.05, 4.69) is 26.3 Å². The molecule has 2 aromatic heterocycles. The third-order valence-corrected chi connectivity index (χ3v) is 4.46. The zero-order valence-corrected chi connectivity index (χ0v) is 14.0. The number of ether oxygens (including phenoxy) is 1. The highest BCUT2D eigenvalue weighted by molar-refractivity contribution is 5.52. The summed E-state index contributed by atoms with van der Waals surface area (Å²) in [5.41, 5.74) is 2.48. The highest BCUT2D eigenvalue weighted by Crippen LogP contribution is 2.25. The fourth-order valence-electron chi connectivity index (χ4n) is 3.18. The number of aryl methyl sites for hydroxylation is 1. The fourth-order valence-corrected chi connectivity index (χ4v) is 3.18. The maximum atomic E-state index is 8.98. The molecule has 7 nitrogen and oxygen atoms in total. The average molecular weight is 334 g/mol. The van der Waals surface area contributed by atoms with Gasteiger partial charge in [0.25, 0.3) is 0 Å². The van der Waals surface area contributed by atoms with Gasteiger partial charge in [0.1, 0.15) is 18.2 Å². The molecule has 1 fully saturated rings. The maximum Gasteiger partial charge on any atom is 0.177 e. The monoisotopic (exact) mass is 334 g/mol. The van der Waals surface area contributed by atoms with E-state index in [0.29, 0.717) is 5.56 Å². The molecule has 0 saturated carbocycles. The summed E-state index contributed by atoms with van der Waals surface area (Å²) in [5, 5.41) is 21.5. The van der Waals surface area contributed by atoms with Crippen molar-refractivity contribution in [2.75, 3.05) is 18.0 Å². The molecule has 4 rings (SSSR count). The van der Waals surface area contributed by atoms with Crippen LogP contribution in [0.1, 0.15) is 24.0 Å². The minimum atomic E-state index is 0.157. The molecular weight excluding hydrogens is 316 g/mol. The summed E-state index contributed by atoms with van der Waals surface area (Å²) >= 11 is 0. The van der Waals surface area contributed by atoms with Crippen LogP contribution >= 0.6 is 0 Å². The largest absolute Gasteiger partial charge is 0.490 e. The average Bonchev–Trinajstić information content (AvgIpc) is 3.09. The Morgan fingerprint density at radius 2 is 2.08 bits per heavy atom. The second-order valence-corrected chi connectivity index (χ2v) is 6.23. The van der Waals surface area contributed by atoms with E-state index in [1.54, 1.807) is 23.0 Å². The van der Waals surface area contributed by atoms with Gasteiger partial charge in [-0.05, 0) is 36.8 Å². The third-order valence-electron chi connectivity index (χ3n) is 4.46. The van der Waals surface area contributed by atoms with Crippen LogP contribution in [0.15, 0.2) is 36.7 Å². The Kier molecular flexibility index (Phi) is 3.94. The Morgan fingerprint density at radius 3 is 2.88 bits per heavy atom. The van der Waals surface area contributed by atoms with E-state index < -0.39 is 0 Å². The lowest BCUT2D eigenvalue weighted by molar-refractivity contribution is 0.170. The molecule has 3 aromatic rings. The van der Waals surface area contributed by atoms with Gasteiger partial charge in [0.15, 0.2) is 11.5 Å². The molecule has 0 amide bonds. The molecule has 25 heavy (non-hydrogen) atoms. The van der Waals surface area contributed by atoms with Gasteiger partial charge in [0, 0.05) is 25.9 Å². The molecule has 126 valence electrons. The highest BCUT2D eigenvalue weighted by atomic mass is 16.5. The van der Waals surface area contributed by atoms with Gasteiger partial charge >= 0.3 is 0 Å².